The second kappa shape index (κ2) is 10.7. The summed E-state index contributed by atoms with van der Waals surface area (Å²) in [6.07, 6.45) is 0.240. The Morgan fingerprint density at radius 2 is 1.74 bits per heavy atom. The van der Waals surface area contributed by atoms with Crippen LogP contribution in [-0.2, 0) is 27.3 Å². The Labute approximate surface area is 165 Å². The number of rotatable bonds is 9. The number of hydrogen-bond acceptors (Lipinski definition) is 3. The van der Waals surface area contributed by atoms with Crippen molar-refractivity contribution in [3.05, 3.63) is 70.7 Å². The first-order chi connectivity index (χ1) is 13.0. The molecule has 0 heterocycles. The molecule has 2 aromatic rings. The standard InChI is InChI=1S/C21H25ClN2O3/c1-16(21(26)23-12-13-27-2)24(15-18-8-10-19(22)11-9-18)20(25)14-17-6-4-3-5-7-17/h3-11,16H,12-15H2,1-2H3,(H,23,26)/t16-/m0/s1. The Balaban J connectivity index is 2.14. The first-order valence-corrected chi connectivity index (χ1v) is 9.23. The zero-order valence-electron chi connectivity index (χ0n) is 15.7. The molecule has 0 aliphatic rings. The average molecular weight is 389 g/mol. The van der Waals surface area contributed by atoms with Crippen molar-refractivity contribution in [2.24, 2.45) is 0 Å². The van der Waals surface area contributed by atoms with Crippen LogP contribution in [0.4, 0.5) is 0 Å². The van der Waals surface area contributed by atoms with Crippen LogP contribution in [0, 0.1) is 0 Å². The monoisotopic (exact) mass is 388 g/mol. The van der Waals surface area contributed by atoms with E-state index in [0.29, 0.717) is 24.7 Å². The van der Waals surface area contributed by atoms with Crippen molar-refractivity contribution in [1.29, 1.82) is 0 Å². The summed E-state index contributed by atoms with van der Waals surface area (Å²) < 4.78 is 4.96. The first-order valence-electron chi connectivity index (χ1n) is 8.85. The predicted molar refractivity (Wildman–Crippen MR) is 106 cm³/mol. The number of amides is 2. The second-order valence-electron chi connectivity index (χ2n) is 6.27. The molecule has 27 heavy (non-hydrogen) atoms. The van der Waals surface area contributed by atoms with E-state index in [1.165, 1.54) is 0 Å². The molecule has 6 heteroatoms. The van der Waals surface area contributed by atoms with Gasteiger partial charge in [0, 0.05) is 25.2 Å². The predicted octanol–water partition coefficient (Wildman–Crippen LogP) is 3.06. The molecule has 0 fully saturated rings. The Morgan fingerprint density at radius 1 is 1.07 bits per heavy atom. The zero-order valence-corrected chi connectivity index (χ0v) is 16.4. The maximum absolute atomic E-state index is 13.0. The van der Waals surface area contributed by atoms with E-state index in [4.69, 9.17) is 16.3 Å². The molecule has 0 saturated heterocycles. The Bertz CT molecular complexity index is 735. The van der Waals surface area contributed by atoms with Gasteiger partial charge in [-0.05, 0) is 30.2 Å². The molecule has 0 bridgehead atoms. The average Bonchev–Trinajstić information content (AvgIpc) is 2.67. The number of hydrogen-bond donors (Lipinski definition) is 1. The summed E-state index contributed by atoms with van der Waals surface area (Å²) in [6, 6.07) is 16.2. The number of carbonyl (C=O) groups excluding carboxylic acids is 2. The van der Waals surface area contributed by atoms with Crippen LogP contribution in [-0.4, -0.2) is 43.0 Å². The molecule has 0 aliphatic carbocycles. The maximum atomic E-state index is 13.0. The molecule has 2 rings (SSSR count). The third-order valence-electron chi connectivity index (χ3n) is 4.24. The highest BCUT2D eigenvalue weighted by molar-refractivity contribution is 6.30. The Morgan fingerprint density at radius 3 is 2.37 bits per heavy atom. The molecular formula is C21H25ClN2O3. The van der Waals surface area contributed by atoms with Crippen molar-refractivity contribution < 1.29 is 14.3 Å². The van der Waals surface area contributed by atoms with E-state index >= 15 is 0 Å². The van der Waals surface area contributed by atoms with Gasteiger partial charge in [-0.2, -0.15) is 0 Å². The zero-order chi connectivity index (χ0) is 19.6. The fourth-order valence-corrected chi connectivity index (χ4v) is 2.79. The maximum Gasteiger partial charge on any atom is 0.242 e. The minimum absolute atomic E-state index is 0.106. The highest BCUT2D eigenvalue weighted by Gasteiger charge is 2.26. The van der Waals surface area contributed by atoms with Gasteiger partial charge in [0.25, 0.3) is 0 Å². The van der Waals surface area contributed by atoms with Crippen molar-refractivity contribution in [1.82, 2.24) is 10.2 Å². The lowest BCUT2D eigenvalue weighted by atomic mass is 10.1. The number of nitrogens with zero attached hydrogens (tertiary/aromatic N) is 1. The third kappa shape index (κ3) is 6.70. The number of halogens is 1. The minimum atomic E-state index is -0.603. The van der Waals surface area contributed by atoms with E-state index in [1.807, 2.05) is 42.5 Å². The highest BCUT2D eigenvalue weighted by Crippen LogP contribution is 2.15. The van der Waals surface area contributed by atoms with Gasteiger partial charge in [-0.15, -0.1) is 0 Å². The molecule has 0 saturated carbocycles. The second-order valence-corrected chi connectivity index (χ2v) is 6.71. The molecular weight excluding hydrogens is 364 g/mol. The van der Waals surface area contributed by atoms with Crippen LogP contribution in [0.3, 0.4) is 0 Å². The fraction of sp³-hybridized carbons (Fsp3) is 0.333. The normalized spacial score (nSPS) is 11.7. The molecule has 144 valence electrons. The lowest BCUT2D eigenvalue weighted by Crippen LogP contribution is -2.48. The van der Waals surface area contributed by atoms with Crippen molar-refractivity contribution >= 4 is 23.4 Å². The number of ether oxygens (including phenoxy) is 1. The number of methoxy groups -OCH3 is 1. The fourth-order valence-electron chi connectivity index (χ4n) is 2.67. The minimum Gasteiger partial charge on any atom is -0.383 e. The van der Waals surface area contributed by atoms with Gasteiger partial charge in [-0.3, -0.25) is 9.59 Å². The van der Waals surface area contributed by atoms with Crippen molar-refractivity contribution in [2.45, 2.75) is 25.9 Å². The lowest BCUT2D eigenvalue weighted by molar-refractivity contribution is -0.140. The van der Waals surface area contributed by atoms with Gasteiger partial charge in [0.15, 0.2) is 0 Å². The van der Waals surface area contributed by atoms with Crippen LogP contribution in [0.25, 0.3) is 0 Å². The summed E-state index contributed by atoms with van der Waals surface area (Å²) in [4.78, 5) is 27.0. The number of carbonyl (C=O) groups is 2. The SMILES string of the molecule is COCCNC(=O)[C@H](C)N(Cc1ccc(Cl)cc1)C(=O)Cc1ccccc1. The molecule has 1 atom stereocenters. The molecule has 0 unspecified atom stereocenters. The van der Waals surface area contributed by atoms with Gasteiger partial charge in [0.2, 0.25) is 11.8 Å². The van der Waals surface area contributed by atoms with Gasteiger partial charge in [0.05, 0.1) is 13.0 Å². The van der Waals surface area contributed by atoms with Crippen LogP contribution < -0.4 is 5.32 Å². The number of nitrogens with one attached hydrogen (secondary N) is 1. The van der Waals surface area contributed by atoms with E-state index in [1.54, 1.807) is 31.1 Å². The molecule has 5 nitrogen and oxygen atoms in total. The van der Waals surface area contributed by atoms with Crippen molar-refractivity contribution in [3.8, 4) is 0 Å². The van der Waals surface area contributed by atoms with Gasteiger partial charge < -0.3 is 15.0 Å². The van der Waals surface area contributed by atoms with E-state index in [0.717, 1.165) is 11.1 Å². The van der Waals surface area contributed by atoms with Crippen LogP contribution in [0.1, 0.15) is 18.1 Å². The van der Waals surface area contributed by atoms with Gasteiger partial charge in [-0.1, -0.05) is 54.1 Å². The molecule has 2 aromatic carbocycles. The lowest BCUT2D eigenvalue weighted by Gasteiger charge is -2.29. The first kappa shape index (κ1) is 20.9. The van der Waals surface area contributed by atoms with E-state index in [9.17, 15) is 9.59 Å². The van der Waals surface area contributed by atoms with Gasteiger partial charge >= 0.3 is 0 Å². The smallest absolute Gasteiger partial charge is 0.242 e. The molecule has 0 spiro atoms. The molecule has 0 radical (unpaired) electrons. The molecule has 1 N–H and O–H groups in total. The summed E-state index contributed by atoms with van der Waals surface area (Å²) in [7, 11) is 1.58. The van der Waals surface area contributed by atoms with E-state index in [-0.39, 0.29) is 18.2 Å². The summed E-state index contributed by atoms with van der Waals surface area (Å²) in [6.45, 7) is 2.90. The van der Waals surface area contributed by atoms with Crippen molar-refractivity contribution in [2.75, 3.05) is 20.3 Å². The van der Waals surface area contributed by atoms with Crippen LogP contribution in [0.2, 0.25) is 5.02 Å². The Hall–Kier alpha value is -2.37. The summed E-state index contributed by atoms with van der Waals surface area (Å²) in [5.74, 6) is -0.312. The summed E-state index contributed by atoms with van der Waals surface area (Å²) >= 11 is 5.95. The molecule has 0 aliphatic heterocycles. The van der Waals surface area contributed by atoms with E-state index in [2.05, 4.69) is 5.32 Å². The van der Waals surface area contributed by atoms with Gasteiger partial charge in [0.1, 0.15) is 6.04 Å². The van der Waals surface area contributed by atoms with Crippen LogP contribution in [0.15, 0.2) is 54.6 Å². The van der Waals surface area contributed by atoms with E-state index < -0.39 is 6.04 Å². The quantitative estimate of drug-likeness (QED) is 0.671. The van der Waals surface area contributed by atoms with Crippen molar-refractivity contribution in [3.63, 3.8) is 0 Å². The van der Waals surface area contributed by atoms with Crippen LogP contribution in [0.5, 0.6) is 0 Å². The van der Waals surface area contributed by atoms with Gasteiger partial charge in [-0.25, -0.2) is 0 Å². The van der Waals surface area contributed by atoms with Crippen LogP contribution >= 0.6 is 11.6 Å². The molecule has 0 aromatic heterocycles. The summed E-state index contributed by atoms with van der Waals surface area (Å²) in [5.41, 5.74) is 1.83. The summed E-state index contributed by atoms with van der Waals surface area (Å²) in [5, 5.41) is 3.43. The molecule has 2 amide bonds. The largest absolute Gasteiger partial charge is 0.383 e. The topological polar surface area (TPSA) is 58.6 Å². The third-order valence-corrected chi connectivity index (χ3v) is 4.49. The number of benzene rings is 2. The Kier molecular flexibility index (Phi) is 8.30. The highest BCUT2D eigenvalue weighted by atomic mass is 35.5.